The number of methoxy groups -OCH3 is 1. The molecule has 6 heteroatoms. The lowest BCUT2D eigenvalue weighted by molar-refractivity contribution is 0.262. The summed E-state index contributed by atoms with van der Waals surface area (Å²) in [7, 11) is 1.54. The van der Waals surface area contributed by atoms with Gasteiger partial charge in [0.25, 0.3) is 0 Å². The van der Waals surface area contributed by atoms with Crippen LogP contribution in [-0.2, 0) is 0 Å². The first kappa shape index (κ1) is 12.7. The summed E-state index contributed by atoms with van der Waals surface area (Å²) in [6.45, 7) is 0. The summed E-state index contributed by atoms with van der Waals surface area (Å²) in [5.41, 5.74) is 0.606. The molecule has 0 radical (unpaired) electrons. The second-order valence-corrected chi connectivity index (χ2v) is 4.76. The van der Waals surface area contributed by atoms with Crippen molar-refractivity contribution in [3.05, 3.63) is 40.7 Å². The monoisotopic (exact) mass is 282 g/mol. The van der Waals surface area contributed by atoms with E-state index in [0.29, 0.717) is 16.5 Å². The lowest BCUT2D eigenvalue weighted by Gasteiger charge is -2.08. The van der Waals surface area contributed by atoms with E-state index in [2.05, 4.69) is 10.6 Å². The van der Waals surface area contributed by atoms with Crippen LogP contribution < -0.4 is 15.4 Å². The van der Waals surface area contributed by atoms with Crippen molar-refractivity contribution in [2.75, 3.05) is 17.7 Å². The van der Waals surface area contributed by atoms with Crippen molar-refractivity contribution in [1.29, 1.82) is 0 Å². The number of carbonyl (C=O) groups excluding carboxylic acids is 1. The highest BCUT2D eigenvalue weighted by atomic mass is 35.5. The van der Waals surface area contributed by atoms with Crippen molar-refractivity contribution in [2.45, 2.75) is 0 Å². The predicted molar refractivity (Wildman–Crippen MR) is 75.0 cm³/mol. The zero-order chi connectivity index (χ0) is 13.0. The van der Waals surface area contributed by atoms with Gasteiger partial charge in [0.2, 0.25) is 0 Å². The van der Waals surface area contributed by atoms with E-state index < -0.39 is 0 Å². The minimum atomic E-state index is -0.307. The molecule has 0 aliphatic heterocycles. The van der Waals surface area contributed by atoms with Crippen LogP contribution in [0.25, 0.3) is 0 Å². The molecule has 0 saturated heterocycles. The Bertz CT molecular complexity index is 543. The third-order valence-corrected chi connectivity index (χ3v) is 3.25. The van der Waals surface area contributed by atoms with Crippen LogP contribution in [-0.4, -0.2) is 13.1 Å². The molecule has 1 heterocycles. The van der Waals surface area contributed by atoms with Gasteiger partial charge in [-0.05, 0) is 35.7 Å². The fourth-order valence-corrected chi connectivity index (χ4v) is 2.24. The van der Waals surface area contributed by atoms with Crippen molar-refractivity contribution in [3.63, 3.8) is 0 Å². The fraction of sp³-hybridized carbons (Fsp3) is 0.0833. The number of anilines is 2. The van der Waals surface area contributed by atoms with E-state index in [1.54, 1.807) is 18.2 Å². The first-order valence-electron chi connectivity index (χ1n) is 5.14. The molecule has 0 aliphatic carbocycles. The number of halogens is 1. The van der Waals surface area contributed by atoms with Gasteiger partial charge in [0.05, 0.1) is 17.1 Å². The molecule has 0 atom stereocenters. The Morgan fingerprint density at radius 2 is 2.17 bits per heavy atom. The highest BCUT2D eigenvalue weighted by Gasteiger charge is 2.06. The molecule has 2 amide bonds. The Morgan fingerprint density at radius 1 is 1.33 bits per heavy atom. The van der Waals surface area contributed by atoms with E-state index in [1.165, 1.54) is 18.4 Å². The van der Waals surface area contributed by atoms with Crippen LogP contribution in [0, 0.1) is 0 Å². The van der Waals surface area contributed by atoms with Gasteiger partial charge < -0.3 is 10.1 Å². The van der Waals surface area contributed by atoms with Crippen LogP contribution in [0.15, 0.2) is 35.7 Å². The van der Waals surface area contributed by atoms with Crippen LogP contribution in [0.1, 0.15) is 0 Å². The van der Waals surface area contributed by atoms with Gasteiger partial charge in [-0.2, -0.15) is 0 Å². The number of amides is 2. The summed E-state index contributed by atoms with van der Waals surface area (Å²) in [5, 5.41) is 8.53. The molecule has 0 unspecified atom stereocenters. The quantitative estimate of drug-likeness (QED) is 0.892. The van der Waals surface area contributed by atoms with Crippen molar-refractivity contribution < 1.29 is 9.53 Å². The van der Waals surface area contributed by atoms with Gasteiger partial charge in [0.15, 0.2) is 0 Å². The molecule has 2 rings (SSSR count). The first-order chi connectivity index (χ1) is 8.69. The van der Waals surface area contributed by atoms with E-state index in [4.69, 9.17) is 16.3 Å². The smallest absolute Gasteiger partial charge is 0.324 e. The molecule has 2 aromatic rings. The molecule has 0 bridgehead atoms. The number of rotatable bonds is 3. The number of nitrogens with one attached hydrogen (secondary N) is 2. The second-order valence-electron chi connectivity index (χ2n) is 3.41. The van der Waals surface area contributed by atoms with Gasteiger partial charge in [0, 0.05) is 5.69 Å². The number of hydrogen-bond acceptors (Lipinski definition) is 3. The molecule has 0 spiro atoms. The maximum absolute atomic E-state index is 11.7. The van der Waals surface area contributed by atoms with Crippen LogP contribution in [0.5, 0.6) is 5.75 Å². The molecule has 0 saturated carbocycles. The number of benzene rings is 1. The molecule has 4 nitrogen and oxygen atoms in total. The predicted octanol–water partition coefficient (Wildman–Crippen LogP) is 4.05. The minimum absolute atomic E-state index is 0.307. The van der Waals surface area contributed by atoms with Crippen molar-refractivity contribution >= 4 is 39.7 Å². The SMILES string of the molecule is COc1ccc(NC(=O)Nc2cccs2)cc1Cl. The maximum Gasteiger partial charge on any atom is 0.324 e. The molecule has 2 N–H and O–H groups in total. The zero-order valence-electron chi connectivity index (χ0n) is 9.57. The fourth-order valence-electron chi connectivity index (χ4n) is 1.37. The van der Waals surface area contributed by atoms with Gasteiger partial charge in [0.1, 0.15) is 5.75 Å². The molecule has 1 aromatic heterocycles. The van der Waals surface area contributed by atoms with E-state index in [-0.39, 0.29) is 6.03 Å². The average molecular weight is 283 g/mol. The number of ether oxygens (including phenoxy) is 1. The Morgan fingerprint density at radius 3 is 2.78 bits per heavy atom. The lowest BCUT2D eigenvalue weighted by Crippen LogP contribution is -2.18. The average Bonchev–Trinajstić information content (AvgIpc) is 2.82. The summed E-state index contributed by atoms with van der Waals surface area (Å²) >= 11 is 7.41. The lowest BCUT2D eigenvalue weighted by atomic mass is 10.3. The molecule has 94 valence electrons. The van der Waals surface area contributed by atoms with Crippen molar-refractivity contribution in [3.8, 4) is 5.75 Å². The van der Waals surface area contributed by atoms with Gasteiger partial charge in [-0.1, -0.05) is 11.6 Å². The number of urea groups is 1. The molecular weight excluding hydrogens is 272 g/mol. The van der Waals surface area contributed by atoms with Gasteiger partial charge in [-0.25, -0.2) is 4.79 Å². The Kier molecular flexibility index (Phi) is 4.07. The number of thiophene rings is 1. The first-order valence-corrected chi connectivity index (χ1v) is 6.40. The Labute approximate surface area is 114 Å². The van der Waals surface area contributed by atoms with Crippen LogP contribution in [0.2, 0.25) is 5.02 Å². The van der Waals surface area contributed by atoms with E-state index in [0.717, 1.165) is 5.00 Å². The number of carbonyl (C=O) groups is 1. The topological polar surface area (TPSA) is 50.4 Å². The summed E-state index contributed by atoms with van der Waals surface area (Å²) in [6, 6.07) is 8.44. The van der Waals surface area contributed by atoms with Gasteiger partial charge in [-0.15, -0.1) is 11.3 Å². The maximum atomic E-state index is 11.7. The molecule has 0 fully saturated rings. The molecule has 0 aliphatic rings. The molecule has 18 heavy (non-hydrogen) atoms. The Hall–Kier alpha value is -1.72. The van der Waals surface area contributed by atoms with E-state index in [9.17, 15) is 4.79 Å². The second kappa shape index (κ2) is 5.75. The van der Waals surface area contributed by atoms with Crippen LogP contribution >= 0.6 is 22.9 Å². The van der Waals surface area contributed by atoms with E-state index >= 15 is 0 Å². The standard InChI is InChI=1S/C12H11ClN2O2S/c1-17-10-5-4-8(7-9(10)13)14-12(16)15-11-3-2-6-18-11/h2-7H,1H3,(H2,14,15,16). The molecule has 1 aromatic carbocycles. The summed E-state index contributed by atoms with van der Waals surface area (Å²) in [4.78, 5) is 11.7. The van der Waals surface area contributed by atoms with Gasteiger partial charge in [-0.3, -0.25) is 5.32 Å². The summed E-state index contributed by atoms with van der Waals surface area (Å²) < 4.78 is 5.03. The number of hydrogen-bond donors (Lipinski definition) is 2. The Balaban J connectivity index is 2.01. The third kappa shape index (κ3) is 3.15. The highest BCUT2D eigenvalue weighted by Crippen LogP contribution is 2.27. The summed E-state index contributed by atoms with van der Waals surface area (Å²) in [6.07, 6.45) is 0. The summed E-state index contributed by atoms with van der Waals surface area (Å²) in [5.74, 6) is 0.570. The van der Waals surface area contributed by atoms with Crippen molar-refractivity contribution in [1.82, 2.24) is 0 Å². The largest absolute Gasteiger partial charge is 0.495 e. The highest BCUT2D eigenvalue weighted by molar-refractivity contribution is 7.14. The van der Waals surface area contributed by atoms with Gasteiger partial charge >= 0.3 is 6.03 Å². The molecular formula is C12H11ClN2O2S. The van der Waals surface area contributed by atoms with E-state index in [1.807, 2.05) is 17.5 Å². The third-order valence-electron chi connectivity index (χ3n) is 2.17. The zero-order valence-corrected chi connectivity index (χ0v) is 11.1. The van der Waals surface area contributed by atoms with Crippen molar-refractivity contribution in [2.24, 2.45) is 0 Å². The van der Waals surface area contributed by atoms with Crippen LogP contribution in [0.3, 0.4) is 0 Å². The minimum Gasteiger partial charge on any atom is -0.495 e. The van der Waals surface area contributed by atoms with Crippen LogP contribution in [0.4, 0.5) is 15.5 Å². The normalized spacial score (nSPS) is 9.89.